The Morgan fingerprint density at radius 3 is 2.47 bits per heavy atom. The molecule has 30 heavy (non-hydrogen) atoms. The summed E-state index contributed by atoms with van der Waals surface area (Å²) in [6.45, 7) is 5.24. The van der Waals surface area contributed by atoms with Crippen LogP contribution in [0, 0.1) is 12.7 Å². The van der Waals surface area contributed by atoms with E-state index in [0.717, 1.165) is 24.3 Å². The number of benzene rings is 1. The third-order valence-corrected chi connectivity index (χ3v) is 6.09. The van der Waals surface area contributed by atoms with E-state index in [4.69, 9.17) is 0 Å². The quantitative estimate of drug-likeness (QED) is 0.732. The normalized spacial score (nSPS) is 16.4. The monoisotopic (exact) mass is 434 g/mol. The van der Waals surface area contributed by atoms with Gasteiger partial charge in [0.05, 0.1) is 11.9 Å². The first-order chi connectivity index (χ1) is 14.3. The lowest BCUT2D eigenvalue weighted by molar-refractivity contribution is 0.182. The van der Waals surface area contributed by atoms with E-state index in [1.54, 1.807) is 42.8 Å². The molecule has 2 amide bonds. The van der Waals surface area contributed by atoms with E-state index in [1.165, 1.54) is 12.1 Å². The van der Waals surface area contributed by atoms with E-state index in [9.17, 15) is 13.4 Å². The van der Waals surface area contributed by atoms with E-state index in [1.807, 2.05) is 11.2 Å². The summed E-state index contributed by atoms with van der Waals surface area (Å²) in [5.41, 5.74) is 2.56. The van der Waals surface area contributed by atoms with Crippen molar-refractivity contribution in [1.82, 2.24) is 18.5 Å². The molecule has 2 heterocycles. The van der Waals surface area contributed by atoms with Gasteiger partial charge in [-0.05, 0) is 42.8 Å². The molecule has 2 N–H and O–H groups in total. The highest BCUT2D eigenvalue weighted by molar-refractivity contribution is 7.80. The van der Waals surface area contributed by atoms with Crippen LogP contribution in [0.2, 0.25) is 0 Å². The minimum absolute atomic E-state index is 0.384. The number of aromatic nitrogens is 1. The van der Waals surface area contributed by atoms with Crippen molar-refractivity contribution < 1.29 is 13.4 Å². The number of carbonyl (C=O) groups excluding carboxylic acids is 1. The van der Waals surface area contributed by atoms with Gasteiger partial charge in [-0.15, -0.1) is 0 Å². The van der Waals surface area contributed by atoms with Gasteiger partial charge in [-0.1, -0.05) is 0 Å². The molecular formula is C20H27FN6O2S. The molecule has 0 saturated carbocycles. The van der Waals surface area contributed by atoms with Gasteiger partial charge in [0.1, 0.15) is 5.82 Å². The van der Waals surface area contributed by atoms with Crippen molar-refractivity contribution >= 4 is 28.6 Å². The molecule has 1 saturated heterocycles. The molecule has 1 atom stereocenters. The van der Waals surface area contributed by atoms with Crippen LogP contribution in [0.5, 0.6) is 0 Å². The lowest BCUT2D eigenvalue weighted by Crippen LogP contribution is -2.48. The fourth-order valence-electron chi connectivity index (χ4n) is 3.18. The molecule has 0 spiro atoms. The zero-order valence-corrected chi connectivity index (χ0v) is 18.2. The molecule has 162 valence electrons. The molecular weight excluding hydrogens is 407 g/mol. The number of carbonyl (C=O) groups is 1. The Hall–Kier alpha value is -2.40. The van der Waals surface area contributed by atoms with Crippen molar-refractivity contribution in [3.8, 4) is 0 Å². The Morgan fingerprint density at radius 1 is 1.13 bits per heavy atom. The van der Waals surface area contributed by atoms with Crippen LogP contribution in [0.4, 0.5) is 20.6 Å². The minimum Gasteiger partial charge on any atom is -0.308 e. The molecule has 3 rings (SSSR count). The van der Waals surface area contributed by atoms with Gasteiger partial charge in [0.25, 0.3) is 0 Å². The first kappa shape index (κ1) is 22.3. The van der Waals surface area contributed by atoms with Crippen LogP contribution in [0.1, 0.15) is 11.3 Å². The number of halogens is 1. The van der Waals surface area contributed by atoms with Crippen molar-refractivity contribution in [2.45, 2.75) is 13.5 Å². The largest absolute Gasteiger partial charge is 0.323 e. The second-order valence-corrected chi connectivity index (χ2v) is 9.07. The zero-order chi connectivity index (χ0) is 21.7. The first-order valence-corrected chi connectivity index (χ1v) is 10.7. The second-order valence-electron chi connectivity index (χ2n) is 7.36. The predicted molar refractivity (Wildman–Crippen MR) is 117 cm³/mol. The van der Waals surface area contributed by atoms with Crippen LogP contribution in [0.15, 0.2) is 36.5 Å². The molecule has 1 aliphatic heterocycles. The maximum atomic E-state index is 14.1. The number of hydrogen-bond acceptors (Lipinski definition) is 4. The van der Waals surface area contributed by atoms with Crippen molar-refractivity contribution in [3.05, 3.63) is 53.6 Å². The van der Waals surface area contributed by atoms with Gasteiger partial charge in [-0.25, -0.2) is 22.0 Å². The Balaban J connectivity index is 1.57. The molecule has 1 aliphatic rings. The van der Waals surface area contributed by atoms with Crippen LogP contribution < -0.4 is 10.6 Å². The molecule has 1 aromatic carbocycles. The fraction of sp³-hybridized carbons (Fsp3) is 0.400. The van der Waals surface area contributed by atoms with E-state index in [-0.39, 0.29) is 0 Å². The van der Waals surface area contributed by atoms with Crippen LogP contribution >= 0.6 is 0 Å². The van der Waals surface area contributed by atoms with E-state index in [2.05, 4.69) is 20.5 Å². The average molecular weight is 435 g/mol. The maximum absolute atomic E-state index is 14.1. The van der Waals surface area contributed by atoms with Crippen LogP contribution in [0.3, 0.4) is 0 Å². The number of nitrogens with zero attached hydrogens (tertiary/aromatic N) is 4. The summed E-state index contributed by atoms with van der Waals surface area (Å²) >= 11 is -1.13. The number of aryl methyl sites for hydroxylation is 1. The summed E-state index contributed by atoms with van der Waals surface area (Å²) in [5.74, 6) is -0.410. The number of anilines is 2. The number of piperazine rings is 1. The summed E-state index contributed by atoms with van der Waals surface area (Å²) in [7, 11) is 3.57. The van der Waals surface area contributed by atoms with Gasteiger partial charge in [-0.2, -0.15) is 0 Å². The Kier molecular flexibility index (Phi) is 7.48. The third-order valence-electron chi connectivity index (χ3n) is 4.66. The minimum atomic E-state index is -1.13. The van der Waals surface area contributed by atoms with Crippen molar-refractivity contribution in [1.29, 1.82) is 0 Å². The van der Waals surface area contributed by atoms with Gasteiger partial charge < -0.3 is 10.6 Å². The molecule has 0 radical (unpaired) electrons. The molecule has 1 aromatic heterocycles. The number of hydrogen-bond donors (Lipinski definition) is 2. The molecule has 1 fully saturated rings. The van der Waals surface area contributed by atoms with Gasteiger partial charge in [0.2, 0.25) is 0 Å². The Morgan fingerprint density at radius 2 is 1.83 bits per heavy atom. The Bertz CT molecular complexity index is 901. The standard InChI is InChI=1S/C20H27FN6O2S/c1-15-4-5-18(13-22-15)23-20(28)24-19-11-16(10-17(21)12-19)14-26-6-8-27(9-7-26)30(29)25(2)3/h4-5,10-13H,6-9,14H2,1-3H3,(H2,23,24,28). The fourth-order valence-corrected chi connectivity index (χ4v) is 4.12. The van der Waals surface area contributed by atoms with Crippen LogP contribution in [0.25, 0.3) is 0 Å². The highest BCUT2D eigenvalue weighted by Gasteiger charge is 2.22. The SMILES string of the molecule is Cc1ccc(NC(=O)Nc2cc(F)cc(CN3CCN(S(=O)N(C)C)CC3)c2)cn1. The molecule has 10 heteroatoms. The summed E-state index contributed by atoms with van der Waals surface area (Å²) in [4.78, 5) is 18.5. The lowest BCUT2D eigenvalue weighted by Gasteiger charge is -2.34. The lowest BCUT2D eigenvalue weighted by atomic mass is 10.1. The number of nitrogens with one attached hydrogen (secondary N) is 2. The van der Waals surface area contributed by atoms with Gasteiger partial charge >= 0.3 is 6.03 Å². The number of amides is 2. The summed E-state index contributed by atoms with van der Waals surface area (Å²) < 4.78 is 29.8. The molecule has 0 bridgehead atoms. The highest BCUT2D eigenvalue weighted by Crippen LogP contribution is 2.18. The molecule has 0 aliphatic carbocycles. The molecule has 2 aromatic rings. The van der Waals surface area contributed by atoms with E-state index < -0.39 is 23.0 Å². The number of rotatable bonds is 6. The average Bonchev–Trinajstić information content (AvgIpc) is 2.69. The predicted octanol–water partition coefficient (Wildman–Crippen LogP) is 2.43. The number of pyridine rings is 1. The maximum Gasteiger partial charge on any atom is 0.323 e. The third kappa shape index (κ3) is 6.30. The second kappa shape index (κ2) is 10.1. The van der Waals surface area contributed by atoms with Gasteiger partial charge in [0.15, 0.2) is 11.2 Å². The van der Waals surface area contributed by atoms with Crippen LogP contribution in [-0.4, -0.2) is 69.0 Å². The molecule has 1 unspecified atom stereocenters. The summed E-state index contributed by atoms with van der Waals surface area (Å²) in [6, 6.07) is 7.61. The Labute approximate surface area is 178 Å². The summed E-state index contributed by atoms with van der Waals surface area (Å²) in [5, 5.41) is 5.35. The van der Waals surface area contributed by atoms with Crippen molar-refractivity contribution in [2.24, 2.45) is 0 Å². The van der Waals surface area contributed by atoms with Gasteiger partial charge in [0, 0.05) is 58.2 Å². The number of urea groups is 1. The van der Waals surface area contributed by atoms with E-state index in [0.29, 0.717) is 31.0 Å². The van der Waals surface area contributed by atoms with E-state index >= 15 is 0 Å². The first-order valence-electron chi connectivity index (χ1n) is 9.67. The van der Waals surface area contributed by atoms with Crippen molar-refractivity contribution in [3.63, 3.8) is 0 Å². The van der Waals surface area contributed by atoms with Gasteiger partial charge in [-0.3, -0.25) is 9.88 Å². The zero-order valence-electron chi connectivity index (χ0n) is 17.4. The summed E-state index contributed by atoms with van der Waals surface area (Å²) in [6.07, 6.45) is 1.56. The molecule has 8 nitrogen and oxygen atoms in total. The smallest absolute Gasteiger partial charge is 0.308 e. The topological polar surface area (TPSA) is 80.8 Å². The highest BCUT2D eigenvalue weighted by atomic mass is 32.2. The van der Waals surface area contributed by atoms with Crippen LogP contribution in [-0.2, 0) is 17.7 Å². The van der Waals surface area contributed by atoms with Crippen molar-refractivity contribution in [2.75, 3.05) is 50.9 Å².